The van der Waals surface area contributed by atoms with Crippen LogP contribution in [0.3, 0.4) is 0 Å². The fraction of sp³-hybridized carbons (Fsp3) is 0.143. The lowest BCUT2D eigenvalue weighted by Gasteiger charge is -1.94. The third kappa shape index (κ3) is 4.67. The quantitative estimate of drug-likeness (QED) is 0.622. The summed E-state index contributed by atoms with van der Waals surface area (Å²) < 4.78 is 0. The van der Waals surface area contributed by atoms with Crippen molar-refractivity contribution in [3.8, 4) is 0 Å². The molecule has 1 aliphatic carbocycles. The summed E-state index contributed by atoms with van der Waals surface area (Å²) in [6.07, 6.45) is 9.19. The minimum atomic E-state index is 0. The van der Waals surface area contributed by atoms with E-state index in [0.717, 1.165) is 6.42 Å². The Kier molecular flexibility index (Phi) is 8.34. The molecule has 0 aromatic carbocycles. The Morgan fingerprint density at radius 2 is 1.89 bits per heavy atom. The fourth-order valence-electron chi connectivity index (χ4n) is 0.558. The molecule has 0 radical (unpaired) electrons. The number of rotatable bonds is 0. The summed E-state index contributed by atoms with van der Waals surface area (Å²) in [5, 5.41) is 0. The highest BCUT2D eigenvalue weighted by Gasteiger charge is 1.84. The summed E-state index contributed by atoms with van der Waals surface area (Å²) in [6.45, 7) is 3.78. The summed E-state index contributed by atoms with van der Waals surface area (Å²) in [5.41, 5.74) is 1.20. The van der Waals surface area contributed by atoms with Gasteiger partial charge in [-0.2, -0.15) is 0 Å². The largest absolute Gasteiger partial charge is 0.114 e. The molecular weight excluding hydrogens is 244 g/mol. The Labute approximate surface area is 76.9 Å². The molecule has 0 aliphatic heterocycles. The van der Waals surface area contributed by atoms with Crippen LogP contribution in [0.1, 0.15) is 6.42 Å². The number of allylic oxidation sites excluding steroid dienone is 5. The van der Waals surface area contributed by atoms with E-state index in [1.165, 1.54) is 5.57 Å². The molecule has 0 bridgehead atoms. The third-order valence-electron chi connectivity index (χ3n) is 0.959. The van der Waals surface area contributed by atoms with E-state index in [-0.39, 0.29) is 34.0 Å². The van der Waals surface area contributed by atoms with Crippen LogP contribution in [-0.4, -0.2) is 0 Å². The predicted octanol–water partition coefficient (Wildman–Crippen LogP) is 3.21. The van der Waals surface area contributed by atoms with Crippen molar-refractivity contribution in [3.63, 3.8) is 0 Å². The maximum absolute atomic E-state index is 3.78. The van der Waals surface area contributed by atoms with Crippen LogP contribution >= 0.6 is 34.0 Å². The second kappa shape index (κ2) is 6.30. The minimum absolute atomic E-state index is 0. The van der Waals surface area contributed by atoms with Crippen LogP contribution in [0.15, 0.2) is 36.5 Å². The van der Waals surface area contributed by atoms with Crippen molar-refractivity contribution in [2.24, 2.45) is 0 Å². The van der Waals surface area contributed by atoms with Crippen molar-refractivity contribution < 1.29 is 0 Å². The first-order valence-electron chi connectivity index (χ1n) is 2.40. The Morgan fingerprint density at radius 3 is 2.11 bits per heavy atom. The first-order valence-corrected chi connectivity index (χ1v) is 2.40. The molecular formula is C7H10Br2. The van der Waals surface area contributed by atoms with Crippen molar-refractivity contribution in [3.05, 3.63) is 36.5 Å². The summed E-state index contributed by atoms with van der Waals surface area (Å²) >= 11 is 0. The maximum atomic E-state index is 3.78. The zero-order valence-electron chi connectivity index (χ0n) is 5.04. The van der Waals surface area contributed by atoms with Gasteiger partial charge in [0.25, 0.3) is 0 Å². The number of hydrogen-bond donors (Lipinski definition) is 0. The van der Waals surface area contributed by atoms with Gasteiger partial charge < -0.3 is 0 Å². The van der Waals surface area contributed by atoms with Gasteiger partial charge in [-0.15, -0.1) is 34.0 Å². The molecule has 0 aromatic rings. The van der Waals surface area contributed by atoms with Crippen LogP contribution in [0.2, 0.25) is 0 Å². The van der Waals surface area contributed by atoms with E-state index in [9.17, 15) is 0 Å². The van der Waals surface area contributed by atoms with E-state index in [1.807, 2.05) is 18.2 Å². The fourth-order valence-corrected chi connectivity index (χ4v) is 0.558. The van der Waals surface area contributed by atoms with Gasteiger partial charge in [-0.3, -0.25) is 0 Å². The van der Waals surface area contributed by atoms with Gasteiger partial charge in [0.1, 0.15) is 0 Å². The van der Waals surface area contributed by atoms with Crippen LogP contribution in [0, 0.1) is 0 Å². The van der Waals surface area contributed by atoms with Gasteiger partial charge in [0.15, 0.2) is 0 Å². The van der Waals surface area contributed by atoms with Gasteiger partial charge in [-0.25, -0.2) is 0 Å². The van der Waals surface area contributed by atoms with Crippen LogP contribution < -0.4 is 0 Å². The second-order valence-corrected chi connectivity index (χ2v) is 1.65. The van der Waals surface area contributed by atoms with Crippen molar-refractivity contribution >= 4 is 34.0 Å². The van der Waals surface area contributed by atoms with Crippen molar-refractivity contribution in [1.82, 2.24) is 0 Å². The second-order valence-electron chi connectivity index (χ2n) is 1.65. The molecule has 0 N–H and O–H groups in total. The Hall–Kier alpha value is 0.180. The van der Waals surface area contributed by atoms with Gasteiger partial charge >= 0.3 is 0 Å². The van der Waals surface area contributed by atoms with Crippen molar-refractivity contribution in [1.29, 1.82) is 0 Å². The molecule has 1 aliphatic rings. The average molecular weight is 254 g/mol. The number of halogens is 2. The maximum Gasteiger partial charge on any atom is -0.0100 e. The lowest BCUT2D eigenvalue weighted by molar-refractivity contribution is 1.28. The molecule has 0 aromatic heterocycles. The molecule has 0 amide bonds. The predicted molar refractivity (Wildman–Crippen MR) is 52.7 cm³/mol. The van der Waals surface area contributed by atoms with Gasteiger partial charge in [0.2, 0.25) is 0 Å². The van der Waals surface area contributed by atoms with E-state index in [0.29, 0.717) is 0 Å². The SMILES string of the molecule is Br.Br.C=C1C=CC=CC1. The molecule has 52 valence electrons. The van der Waals surface area contributed by atoms with E-state index in [2.05, 4.69) is 12.7 Å². The lowest BCUT2D eigenvalue weighted by atomic mass is 10.1. The number of hydrogen-bond acceptors (Lipinski definition) is 0. The molecule has 0 spiro atoms. The zero-order chi connectivity index (χ0) is 5.11. The highest BCUT2D eigenvalue weighted by Crippen LogP contribution is 2.05. The molecule has 0 nitrogen and oxygen atoms in total. The topological polar surface area (TPSA) is 0 Å². The molecule has 2 heteroatoms. The highest BCUT2D eigenvalue weighted by atomic mass is 79.9. The van der Waals surface area contributed by atoms with E-state index < -0.39 is 0 Å². The summed E-state index contributed by atoms with van der Waals surface area (Å²) in [5.74, 6) is 0. The monoisotopic (exact) mass is 252 g/mol. The molecule has 0 saturated carbocycles. The molecule has 9 heavy (non-hydrogen) atoms. The highest BCUT2D eigenvalue weighted by molar-refractivity contribution is 8.93. The molecule has 1 rings (SSSR count). The Morgan fingerprint density at radius 1 is 1.22 bits per heavy atom. The van der Waals surface area contributed by atoms with Crippen LogP contribution in [0.25, 0.3) is 0 Å². The lowest BCUT2D eigenvalue weighted by Crippen LogP contribution is -1.74. The zero-order valence-corrected chi connectivity index (χ0v) is 8.47. The van der Waals surface area contributed by atoms with E-state index in [1.54, 1.807) is 0 Å². The molecule has 0 saturated heterocycles. The Bertz CT molecular complexity index is 134. The minimum Gasteiger partial charge on any atom is -0.114 e. The smallest absolute Gasteiger partial charge is 0.0100 e. The van der Waals surface area contributed by atoms with Gasteiger partial charge in [0, 0.05) is 0 Å². The van der Waals surface area contributed by atoms with Crippen LogP contribution in [0.4, 0.5) is 0 Å². The third-order valence-corrected chi connectivity index (χ3v) is 0.959. The van der Waals surface area contributed by atoms with Crippen molar-refractivity contribution in [2.45, 2.75) is 6.42 Å². The van der Waals surface area contributed by atoms with Crippen LogP contribution in [0.5, 0.6) is 0 Å². The molecule has 0 atom stereocenters. The summed E-state index contributed by atoms with van der Waals surface area (Å²) in [6, 6.07) is 0. The van der Waals surface area contributed by atoms with E-state index in [4.69, 9.17) is 0 Å². The summed E-state index contributed by atoms with van der Waals surface area (Å²) in [4.78, 5) is 0. The van der Waals surface area contributed by atoms with E-state index >= 15 is 0 Å². The molecule has 0 fully saturated rings. The Balaban J connectivity index is 0. The average Bonchev–Trinajstić information content (AvgIpc) is 1.69. The first-order chi connectivity index (χ1) is 3.39. The molecule has 0 unspecified atom stereocenters. The standard InChI is InChI=1S/C7H8.2BrH/c1-7-5-3-2-4-6-7;;/h2-5H,1,6H2;2*1H. The van der Waals surface area contributed by atoms with Crippen molar-refractivity contribution in [2.75, 3.05) is 0 Å². The normalized spacial score (nSPS) is 14.0. The van der Waals surface area contributed by atoms with Crippen LogP contribution in [-0.2, 0) is 0 Å². The first kappa shape index (κ1) is 11.9. The summed E-state index contributed by atoms with van der Waals surface area (Å²) in [7, 11) is 0. The van der Waals surface area contributed by atoms with Gasteiger partial charge in [-0.1, -0.05) is 36.5 Å². The van der Waals surface area contributed by atoms with Gasteiger partial charge in [-0.05, 0) is 6.42 Å². The molecule has 0 heterocycles. The van der Waals surface area contributed by atoms with Gasteiger partial charge in [0.05, 0.1) is 0 Å².